The molecule has 1 aromatic carbocycles. The van der Waals surface area contributed by atoms with Gasteiger partial charge >= 0.3 is 0 Å². The fraction of sp³-hybridized carbons (Fsp3) is 0.200. The molecular weight excluding hydrogens is 252 g/mol. The van der Waals surface area contributed by atoms with E-state index in [0.717, 1.165) is 0 Å². The van der Waals surface area contributed by atoms with E-state index in [1.54, 1.807) is 23.7 Å². The summed E-state index contributed by atoms with van der Waals surface area (Å²) in [5, 5.41) is 8.10. The standard InChI is InChI=1S/C10H8Cl2FN3/c1-16-9(5-11)14-15-10(16)7-3-2-6(12)4-8(7)13/h2-4H,5H2,1H3. The van der Waals surface area contributed by atoms with Gasteiger partial charge in [0, 0.05) is 12.1 Å². The molecule has 0 spiro atoms. The van der Waals surface area contributed by atoms with Crippen molar-refractivity contribution in [2.75, 3.05) is 0 Å². The molecule has 0 N–H and O–H groups in total. The molecule has 1 aromatic heterocycles. The summed E-state index contributed by atoms with van der Waals surface area (Å²) < 4.78 is 15.3. The van der Waals surface area contributed by atoms with E-state index in [4.69, 9.17) is 23.2 Å². The van der Waals surface area contributed by atoms with Crippen molar-refractivity contribution in [2.45, 2.75) is 5.88 Å². The molecule has 0 radical (unpaired) electrons. The van der Waals surface area contributed by atoms with Crippen LogP contribution in [-0.2, 0) is 12.9 Å². The molecular formula is C10H8Cl2FN3. The Morgan fingerprint density at radius 1 is 1.38 bits per heavy atom. The first-order chi connectivity index (χ1) is 7.63. The number of aromatic nitrogens is 3. The van der Waals surface area contributed by atoms with Crippen LogP contribution in [0.15, 0.2) is 18.2 Å². The van der Waals surface area contributed by atoms with Crippen molar-refractivity contribution in [2.24, 2.45) is 7.05 Å². The molecule has 1 heterocycles. The Kier molecular flexibility index (Phi) is 3.12. The Morgan fingerprint density at radius 3 is 2.69 bits per heavy atom. The summed E-state index contributed by atoms with van der Waals surface area (Å²) in [6, 6.07) is 4.42. The van der Waals surface area contributed by atoms with Crippen molar-refractivity contribution >= 4 is 23.2 Å². The number of alkyl halides is 1. The summed E-state index contributed by atoms with van der Waals surface area (Å²) in [5.41, 5.74) is 0.357. The van der Waals surface area contributed by atoms with Crippen LogP contribution in [0.1, 0.15) is 5.82 Å². The predicted octanol–water partition coefficient (Wildman–Crippen LogP) is 3.01. The molecule has 0 aliphatic carbocycles. The van der Waals surface area contributed by atoms with E-state index in [2.05, 4.69) is 10.2 Å². The maximum absolute atomic E-state index is 13.6. The summed E-state index contributed by atoms with van der Waals surface area (Å²) in [5.74, 6) is 0.832. The number of hydrogen-bond acceptors (Lipinski definition) is 2. The van der Waals surface area contributed by atoms with Gasteiger partial charge in [0.1, 0.15) is 11.6 Å². The van der Waals surface area contributed by atoms with Crippen molar-refractivity contribution in [3.05, 3.63) is 34.9 Å². The summed E-state index contributed by atoms with van der Waals surface area (Å²) in [7, 11) is 1.74. The largest absolute Gasteiger partial charge is 0.313 e. The molecule has 16 heavy (non-hydrogen) atoms. The van der Waals surface area contributed by atoms with Gasteiger partial charge in [-0.15, -0.1) is 21.8 Å². The predicted molar refractivity (Wildman–Crippen MR) is 61.0 cm³/mol. The Hall–Kier alpha value is -1.13. The molecule has 0 aliphatic rings. The van der Waals surface area contributed by atoms with E-state index >= 15 is 0 Å². The first kappa shape index (κ1) is 11.4. The van der Waals surface area contributed by atoms with Crippen molar-refractivity contribution in [3.8, 4) is 11.4 Å². The lowest BCUT2D eigenvalue weighted by atomic mass is 10.2. The highest BCUT2D eigenvalue weighted by Crippen LogP contribution is 2.24. The maximum Gasteiger partial charge on any atom is 0.166 e. The number of nitrogens with zero attached hydrogens (tertiary/aromatic N) is 3. The van der Waals surface area contributed by atoms with Crippen LogP contribution in [0, 0.1) is 5.82 Å². The lowest BCUT2D eigenvalue weighted by Gasteiger charge is -2.03. The van der Waals surface area contributed by atoms with Crippen LogP contribution in [0.2, 0.25) is 5.02 Å². The van der Waals surface area contributed by atoms with Gasteiger partial charge in [0.2, 0.25) is 0 Å². The van der Waals surface area contributed by atoms with Gasteiger partial charge in [-0.25, -0.2) is 4.39 Å². The Morgan fingerprint density at radius 2 is 2.12 bits per heavy atom. The quantitative estimate of drug-likeness (QED) is 0.777. The first-order valence-electron chi connectivity index (χ1n) is 4.53. The Balaban J connectivity index is 2.54. The number of benzene rings is 1. The van der Waals surface area contributed by atoms with E-state index in [1.165, 1.54) is 6.07 Å². The monoisotopic (exact) mass is 259 g/mol. The van der Waals surface area contributed by atoms with E-state index in [1.807, 2.05) is 0 Å². The van der Waals surface area contributed by atoms with Crippen LogP contribution in [-0.4, -0.2) is 14.8 Å². The van der Waals surface area contributed by atoms with Crippen molar-refractivity contribution in [1.82, 2.24) is 14.8 Å². The third kappa shape index (κ3) is 1.90. The van der Waals surface area contributed by atoms with E-state index < -0.39 is 5.82 Å². The topological polar surface area (TPSA) is 30.7 Å². The second kappa shape index (κ2) is 4.39. The second-order valence-electron chi connectivity index (χ2n) is 3.26. The van der Waals surface area contributed by atoms with Crippen LogP contribution < -0.4 is 0 Å². The fourth-order valence-corrected chi connectivity index (χ4v) is 1.77. The molecule has 2 rings (SSSR count). The van der Waals surface area contributed by atoms with Gasteiger partial charge < -0.3 is 4.57 Å². The van der Waals surface area contributed by atoms with Crippen LogP contribution in [0.5, 0.6) is 0 Å². The molecule has 6 heteroatoms. The minimum Gasteiger partial charge on any atom is -0.313 e. The lowest BCUT2D eigenvalue weighted by Crippen LogP contribution is -1.98. The molecule has 0 amide bonds. The van der Waals surface area contributed by atoms with E-state index in [9.17, 15) is 4.39 Å². The third-order valence-electron chi connectivity index (χ3n) is 2.26. The Bertz CT molecular complexity index is 525. The highest BCUT2D eigenvalue weighted by Gasteiger charge is 2.13. The molecule has 0 bridgehead atoms. The molecule has 3 nitrogen and oxygen atoms in total. The highest BCUT2D eigenvalue weighted by atomic mass is 35.5. The maximum atomic E-state index is 13.6. The van der Waals surface area contributed by atoms with Crippen molar-refractivity contribution in [3.63, 3.8) is 0 Å². The third-order valence-corrected chi connectivity index (χ3v) is 2.73. The first-order valence-corrected chi connectivity index (χ1v) is 5.44. The van der Waals surface area contributed by atoms with Gasteiger partial charge in [0.05, 0.1) is 11.4 Å². The van der Waals surface area contributed by atoms with Gasteiger partial charge in [0.25, 0.3) is 0 Å². The molecule has 0 unspecified atom stereocenters. The van der Waals surface area contributed by atoms with Gasteiger partial charge in [0.15, 0.2) is 5.82 Å². The molecule has 0 atom stereocenters. The van der Waals surface area contributed by atoms with Crippen LogP contribution >= 0.6 is 23.2 Å². The lowest BCUT2D eigenvalue weighted by molar-refractivity contribution is 0.628. The van der Waals surface area contributed by atoms with Crippen LogP contribution in [0.3, 0.4) is 0 Å². The molecule has 2 aromatic rings. The average molecular weight is 260 g/mol. The Labute approximate surface area is 102 Å². The van der Waals surface area contributed by atoms with E-state index in [-0.39, 0.29) is 5.88 Å². The number of hydrogen-bond donors (Lipinski definition) is 0. The van der Waals surface area contributed by atoms with Crippen LogP contribution in [0.4, 0.5) is 4.39 Å². The smallest absolute Gasteiger partial charge is 0.166 e. The molecule has 0 saturated heterocycles. The summed E-state index contributed by atoms with van der Waals surface area (Å²) >= 11 is 11.3. The highest BCUT2D eigenvalue weighted by molar-refractivity contribution is 6.30. The van der Waals surface area contributed by atoms with Gasteiger partial charge in [-0.2, -0.15) is 0 Å². The van der Waals surface area contributed by atoms with Crippen LogP contribution in [0.25, 0.3) is 11.4 Å². The molecule has 84 valence electrons. The summed E-state index contributed by atoms with van der Waals surface area (Å²) in [6.07, 6.45) is 0. The summed E-state index contributed by atoms with van der Waals surface area (Å²) in [6.45, 7) is 0. The van der Waals surface area contributed by atoms with E-state index in [0.29, 0.717) is 22.2 Å². The number of halogens is 3. The van der Waals surface area contributed by atoms with Crippen molar-refractivity contribution in [1.29, 1.82) is 0 Å². The SMILES string of the molecule is Cn1c(CCl)nnc1-c1ccc(Cl)cc1F. The van der Waals surface area contributed by atoms with Gasteiger partial charge in [-0.1, -0.05) is 11.6 Å². The molecule has 0 fully saturated rings. The van der Waals surface area contributed by atoms with Gasteiger partial charge in [-0.3, -0.25) is 0 Å². The minimum absolute atomic E-state index is 0.235. The van der Waals surface area contributed by atoms with Gasteiger partial charge in [-0.05, 0) is 18.2 Å². The zero-order valence-electron chi connectivity index (χ0n) is 8.41. The normalized spacial score (nSPS) is 10.8. The average Bonchev–Trinajstić information content (AvgIpc) is 2.60. The zero-order chi connectivity index (χ0) is 11.7. The fourth-order valence-electron chi connectivity index (χ4n) is 1.38. The van der Waals surface area contributed by atoms with Crippen molar-refractivity contribution < 1.29 is 4.39 Å². The number of rotatable bonds is 2. The molecule has 0 saturated carbocycles. The second-order valence-corrected chi connectivity index (χ2v) is 3.96. The summed E-state index contributed by atoms with van der Waals surface area (Å²) in [4.78, 5) is 0. The minimum atomic E-state index is -0.427. The zero-order valence-corrected chi connectivity index (χ0v) is 9.93. The molecule has 0 aliphatic heterocycles.